The zero-order valence-electron chi connectivity index (χ0n) is 23.7. The Bertz CT molecular complexity index is 1760. The lowest BCUT2D eigenvalue weighted by atomic mass is 10.1. The van der Waals surface area contributed by atoms with Crippen LogP contribution in [0.4, 0.5) is 22.0 Å². The van der Waals surface area contributed by atoms with Crippen LogP contribution in [-0.4, -0.2) is 60.7 Å². The number of imide groups is 1. The molecule has 7 rings (SSSR count). The molecule has 0 radical (unpaired) electrons. The van der Waals surface area contributed by atoms with Crippen molar-refractivity contribution in [3.63, 3.8) is 0 Å². The van der Waals surface area contributed by atoms with Gasteiger partial charge in [-0.25, -0.2) is 24.7 Å². The van der Waals surface area contributed by atoms with Crippen molar-refractivity contribution in [3.8, 4) is 0 Å². The van der Waals surface area contributed by atoms with Gasteiger partial charge in [-0.05, 0) is 62.8 Å². The molecular weight excluding hydrogens is 534 g/mol. The van der Waals surface area contributed by atoms with Crippen molar-refractivity contribution in [2.75, 3.05) is 29.1 Å². The fourth-order valence-corrected chi connectivity index (χ4v) is 5.53. The first-order valence-corrected chi connectivity index (χ1v) is 14.2. The Morgan fingerprint density at radius 3 is 2.62 bits per heavy atom. The highest BCUT2D eigenvalue weighted by molar-refractivity contribution is 6.13. The number of nitrogens with one attached hydrogen (secondary N) is 2. The van der Waals surface area contributed by atoms with E-state index in [1.807, 2.05) is 48.7 Å². The Morgan fingerprint density at radius 2 is 1.88 bits per heavy atom. The molecule has 3 aliphatic rings. The number of hydrogen-bond donors (Lipinski definition) is 2. The molecule has 214 valence electrons. The molecule has 2 aliphatic carbocycles. The highest BCUT2D eigenvalue weighted by Gasteiger charge is 2.46. The van der Waals surface area contributed by atoms with E-state index < -0.39 is 0 Å². The average Bonchev–Trinajstić information content (AvgIpc) is 3.88. The Labute approximate surface area is 242 Å². The lowest BCUT2D eigenvalue weighted by molar-refractivity contribution is -0.124. The van der Waals surface area contributed by atoms with E-state index in [9.17, 15) is 14.4 Å². The zero-order valence-corrected chi connectivity index (χ0v) is 23.7. The van der Waals surface area contributed by atoms with Gasteiger partial charge in [-0.15, -0.1) is 0 Å². The molecule has 1 aliphatic heterocycles. The fraction of sp³-hybridized carbons (Fsp3) is 0.367. The minimum absolute atomic E-state index is 0.000876. The second-order valence-electron chi connectivity index (χ2n) is 11.4. The number of pyridine rings is 2. The number of fused-ring (bicyclic) bond motifs is 1. The number of likely N-dealkylation sites (N-methyl/N-ethyl adjacent to an activating group) is 1. The monoisotopic (exact) mass is 565 g/mol. The van der Waals surface area contributed by atoms with E-state index in [0.717, 1.165) is 52.6 Å². The van der Waals surface area contributed by atoms with E-state index >= 15 is 0 Å². The van der Waals surface area contributed by atoms with Gasteiger partial charge >= 0.3 is 6.03 Å². The van der Waals surface area contributed by atoms with Crippen molar-refractivity contribution in [2.45, 2.75) is 51.5 Å². The summed E-state index contributed by atoms with van der Waals surface area (Å²) in [4.78, 5) is 58.9. The van der Waals surface area contributed by atoms with Crippen LogP contribution in [0, 0.1) is 19.8 Å². The zero-order chi connectivity index (χ0) is 29.1. The van der Waals surface area contributed by atoms with Crippen molar-refractivity contribution in [1.82, 2.24) is 29.2 Å². The van der Waals surface area contributed by atoms with Gasteiger partial charge in [0.15, 0.2) is 5.65 Å². The van der Waals surface area contributed by atoms with Crippen molar-refractivity contribution in [1.29, 1.82) is 0 Å². The first-order chi connectivity index (χ1) is 20.2. The van der Waals surface area contributed by atoms with Gasteiger partial charge in [-0.3, -0.25) is 19.4 Å². The predicted molar refractivity (Wildman–Crippen MR) is 155 cm³/mol. The number of rotatable bonds is 8. The smallest absolute Gasteiger partial charge is 0.331 e. The predicted octanol–water partition coefficient (Wildman–Crippen LogP) is 3.77. The average molecular weight is 566 g/mol. The fourth-order valence-electron chi connectivity index (χ4n) is 5.53. The minimum Gasteiger partial charge on any atom is -0.364 e. The summed E-state index contributed by atoms with van der Waals surface area (Å²) < 4.78 is 1.94. The van der Waals surface area contributed by atoms with Crippen molar-refractivity contribution in [2.24, 2.45) is 5.92 Å². The van der Waals surface area contributed by atoms with Gasteiger partial charge in [0.2, 0.25) is 11.8 Å². The summed E-state index contributed by atoms with van der Waals surface area (Å²) in [5.41, 5.74) is 5.47. The molecule has 3 fully saturated rings. The second-order valence-corrected chi connectivity index (χ2v) is 11.4. The van der Waals surface area contributed by atoms with Gasteiger partial charge in [0.25, 0.3) is 0 Å². The molecule has 2 N–H and O–H groups in total. The third kappa shape index (κ3) is 4.93. The maximum absolute atomic E-state index is 13.0. The molecule has 1 saturated heterocycles. The Kier molecular flexibility index (Phi) is 6.14. The normalized spacial score (nSPS) is 20.0. The lowest BCUT2D eigenvalue weighted by Gasteiger charge is -2.17. The van der Waals surface area contributed by atoms with Crippen LogP contribution in [0.15, 0.2) is 42.9 Å². The minimum atomic E-state index is -0.347. The molecule has 2 atom stereocenters. The molecule has 4 aromatic rings. The summed E-state index contributed by atoms with van der Waals surface area (Å²) >= 11 is 0. The number of carbonyl (C=O) groups excluding carboxylic acids is 3. The number of aromatic nitrogens is 5. The molecule has 2 saturated carbocycles. The van der Waals surface area contributed by atoms with Crippen molar-refractivity contribution in [3.05, 3.63) is 71.3 Å². The van der Waals surface area contributed by atoms with Gasteiger partial charge in [0.05, 0.1) is 17.9 Å². The molecule has 12 heteroatoms. The number of hydrogen-bond acceptors (Lipinski definition) is 8. The van der Waals surface area contributed by atoms with Crippen LogP contribution >= 0.6 is 0 Å². The molecule has 0 spiro atoms. The Hall–Kier alpha value is -4.87. The van der Waals surface area contributed by atoms with Crippen molar-refractivity contribution >= 4 is 40.7 Å². The third-order valence-corrected chi connectivity index (χ3v) is 8.07. The molecule has 0 aromatic carbocycles. The summed E-state index contributed by atoms with van der Waals surface area (Å²) in [7, 11) is 1.50. The first-order valence-electron chi connectivity index (χ1n) is 14.2. The van der Waals surface area contributed by atoms with Crippen LogP contribution < -0.4 is 15.5 Å². The first kappa shape index (κ1) is 26.1. The number of anilines is 3. The second kappa shape index (κ2) is 9.89. The summed E-state index contributed by atoms with van der Waals surface area (Å²) in [6.07, 6.45) is 8.68. The van der Waals surface area contributed by atoms with Crippen LogP contribution in [0.1, 0.15) is 59.6 Å². The quantitative estimate of drug-likeness (QED) is 0.308. The summed E-state index contributed by atoms with van der Waals surface area (Å²) in [6.45, 7) is 4.18. The van der Waals surface area contributed by atoms with E-state index in [4.69, 9.17) is 4.98 Å². The van der Waals surface area contributed by atoms with Gasteiger partial charge < -0.3 is 15.0 Å². The lowest BCUT2D eigenvalue weighted by Crippen LogP contribution is -2.30. The molecular formula is C30H31N9O3. The van der Waals surface area contributed by atoms with Gasteiger partial charge in [-0.2, -0.15) is 0 Å². The summed E-state index contributed by atoms with van der Waals surface area (Å²) in [5, 5.41) is 6.35. The third-order valence-electron chi connectivity index (χ3n) is 8.07. The number of nitrogens with zero attached hydrogens (tertiary/aromatic N) is 7. The summed E-state index contributed by atoms with van der Waals surface area (Å²) in [5.74, 6) is 1.39. The van der Waals surface area contributed by atoms with Crippen LogP contribution in [0.3, 0.4) is 0 Å². The number of carbonyl (C=O) groups is 3. The maximum atomic E-state index is 13.0. The molecule has 4 amide bonds. The maximum Gasteiger partial charge on any atom is 0.331 e. The van der Waals surface area contributed by atoms with E-state index in [2.05, 4.69) is 31.8 Å². The Balaban J connectivity index is 1.07. The van der Waals surface area contributed by atoms with Gasteiger partial charge in [0, 0.05) is 60.6 Å². The van der Waals surface area contributed by atoms with E-state index in [1.54, 1.807) is 6.20 Å². The number of urea groups is 1. The molecule has 12 nitrogen and oxygen atoms in total. The largest absolute Gasteiger partial charge is 0.364 e. The number of amides is 4. The molecule has 4 aromatic heterocycles. The topological polar surface area (TPSA) is 138 Å². The molecule has 42 heavy (non-hydrogen) atoms. The number of aryl methyl sites for hydroxylation is 2. The Morgan fingerprint density at radius 1 is 1.05 bits per heavy atom. The van der Waals surface area contributed by atoms with E-state index in [1.165, 1.54) is 11.9 Å². The molecule has 2 unspecified atom stereocenters. The van der Waals surface area contributed by atoms with Crippen LogP contribution in [-0.2, 0) is 16.1 Å². The van der Waals surface area contributed by atoms with Crippen LogP contribution in [0.5, 0.6) is 0 Å². The van der Waals surface area contributed by atoms with Crippen LogP contribution in [0.2, 0.25) is 0 Å². The van der Waals surface area contributed by atoms with Crippen LogP contribution in [0.25, 0.3) is 5.65 Å². The van der Waals surface area contributed by atoms with Gasteiger partial charge in [0.1, 0.15) is 18.2 Å². The highest BCUT2D eigenvalue weighted by Crippen LogP contribution is 2.46. The van der Waals surface area contributed by atoms with E-state index in [-0.39, 0.29) is 36.2 Å². The SMILES string of the molecule is Cc1cc(NC(=O)C2CC2c2nccc(C)n2)cc(NCc2cn3cc(C4CC4)cc(N4CC(=O)N(C)C4=O)c3n2)n1. The molecule has 0 bridgehead atoms. The molecule has 5 heterocycles. The summed E-state index contributed by atoms with van der Waals surface area (Å²) in [6, 6.07) is 7.14. The van der Waals surface area contributed by atoms with E-state index in [0.29, 0.717) is 35.3 Å². The van der Waals surface area contributed by atoms with Gasteiger partial charge in [-0.1, -0.05) is 0 Å². The highest BCUT2D eigenvalue weighted by atomic mass is 16.2. The van der Waals surface area contributed by atoms with Crippen molar-refractivity contribution < 1.29 is 14.4 Å². The standard InChI is InChI=1S/C30H31N9O3/c1-16-6-7-31-27(34-16)22-11-23(22)29(41)36-20-8-17(2)33-25(10-20)32-12-21-14-38-13-19(18-4-5-18)9-24(28(38)35-21)39-15-26(40)37(3)30(39)42/h6-10,13-14,18,22-23H,4-5,11-12,15H2,1-3H3,(H2,32,33,36,41). The number of imidazole rings is 1.